The summed E-state index contributed by atoms with van der Waals surface area (Å²) in [5.74, 6) is -1.67. The Morgan fingerprint density at radius 3 is 2.71 bits per heavy atom. The first kappa shape index (κ1) is 14.6. The Hall–Kier alpha value is -1.30. The van der Waals surface area contributed by atoms with E-state index in [4.69, 9.17) is 5.73 Å². The van der Waals surface area contributed by atoms with Gasteiger partial charge in [-0.05, 0) is 62.4 Å². The molecule has 1 unspecified atom stereocenters. The first-order valence-corrected chi connectivity index (χ1v) is 8.08. The number of rotatable bonds is 3. The van der Waals surface area contributed by atoms with Gasteiger partial charge in [-0.2, -0.15) is 0 Å². The van der Waals surface area contributed by atoms with Gasteiger partial charge < -0.3 is 5.73 Å². The van der Waals surface area contributed by atoms with Crippen molar-refractivity contribution in [2.75, 3.05) is 0 Å². The van der Waals surface area contributed by atoms with Gasteiger partial charge >= 0.3 is 0 Å². The van der Waals surface area contributed by atoms with Crippen molar-refractivity contribution >= 4 is 37.4 Å². The van der Waals surface area contributed by atoms with E-state index in [1.807, 2.05) is 23.6 Å². The minimum absolute atomic E-state index is 0.252. The molecule has 1 nitrogen and oxygen atoms in total. The molecular weight excluding hydrogens is 356 g/mol. The molecule has 3 rings (SSSR count). The van der Waals surface area contributed by atoms with Crippen LogP contribution in [0.1, 0.15) is 17.2 Å². The summed E-state index contributed by atoms with van der Waals surface area (Å²) in [5.41, 5.74) is 7.97. The molecule has 0 saturated carbocycles. The molecular formula is C16H12BrF2NS. The molecule has 1 heterocycles. The highest BCUT2D eigenvalue weighted by atomic mass is 79.9. The maximum absolute atomic E-state index is 13.3. The van der Waals surface area contributed by atoms with Crippen molar-refractivity contribution in [1.82, 2.24) is 0 Å². The fourth-order valence-electron chi connectivity index (χ4n) is 2.36. The van der Waals surface area contributed by atoms with E-state index in [-0.39, 0.29) is 6.04 Å². The normalized spacial score (nSPS) is 12.8. The van der Waals surface area contributed by atoms with E-state index in [9.17, 15) is 8.78 Å². The third-order valence-corrected chi connectivity index (χ3v) is 5.39. The van der Waals surface area contributed by atoms with Gasteiger partial charge in [0.25, 0.3) is 0 Å². The van der Waals surface area contributed by atoms with Crippen LogP contribution in [0.5, 0.6) is 0 Å². The fraction of sp³-hybridized carbons (Fsp3) is 0.125. The topological polar surface area (TPSA) is 26.0 Å². The van der Waals surface area contributed by atoms with Crippen LogP contribution in [0, 0.1) is 11.6 Å². The van der Waals surface area contributed by atoms with E-state index in [0.717, 1.165) is 26.2 Å². The standard InChI is InChI=1S/C16H12BrF2NS/c17-12-3-1-2-10-11(8-21-16(10)12)15(20)7-9-4-5-13(18)14(19)6-9/h1-6,8,15H,7,20H2. The number of halogens is 3. The molecule has 0 aliphatic rings. The first-order valence-electron chi connectivity index (χ1n) is 6.41. The van der Waals surface area contributed by atoms with Crippen molar-refractivity contribution in [2.45, 2.75) is 12.5 Å². The molecule has 3 aromatic rings. The Kier molecular flexibility index (Phi) is 4.06. The van der Waals surface area contributed by atoms with Crippen LogP contribution >= 0.6 is 27.3 Å². The van der Waals surface area contributed by atoms with Crippen LogP contribution in [-0.2, 0) is 6.42 Å². The number of nitrogens with two attached hydrogens (primary N) is 1. The first-order chi connectivity index (χ1) is 10.1. The molecule has 0 bridgehead atoms. The van der Waals surface area contributed by atoms with E-state index < -0.39 is 11.6 Å². The molecule has 2 aromatic carbocycles. The quantitative estimate of drug-likeness (QED) is 0.677. The Morgan fingerprint density at radius 1 is 1.14 bits per heavy atom. The molecule has 0 amide bonds. The van der Waals surface area contributed by atoms with Crippen LogP contribution < -0.4 is 5.73 Å². The van der Waals surface area contributed by atoms with E-state index in [0.29, 0.717) is 12.0 Å². The minimum Gasteiger partial charge on any atom is -0.324 e. The number of thiophene rings is 1. The minimum atomic E-state index is -0.836. The smallest absolute Gasteiger partial charge is 0.159 e. The molecule has 2 N–H and O–H groups in total. The molecule has 0 saturated heterocycles. The van der Waals surface area contributed by atoms with E-state index in [1.54, 1.807) is 17.4 Å². The Morgan fingerprint density at radius 2 is 1.95 bits per heavy atom. The van der Waals surface area contributed by atoms with E-state index in [2.05, 4.69) is 15.9 Å². The van der Waals surface area contributed by atoms with Gasteiger partial charge in [-0.3, -0.25) is 0 Å². The number of benzene rings is 2. The fourth-order valence-corrected chi connectivity index (χ4v) is 4.05. The Bertz CT molecular complexity index is 800. The van der Waals surface area contributed by atoms with Crippen molar-refractivity contribution in [3.8, 4) is 0 Å². The van der Waals surface area contributed by atoms with Crippen LogP contribution in [0.25, 0.3) is 10.1 Å². The molecule has 21 heavy (non-hydrogen) atoms. The Balaban J connectivity index is 1.91. The summed E-state index contributed by atoms with van der Waals surface area (Å²) in [6.45, 7) is 0. The second kappa shape index (κ2) is 5.83. The molecule has 0 fully saturated rings. The van der Waals surface area contributed by atoms with Crippen LogP contribution in [0.2, 0.25) is 0 Å². The lowest BCUT2D eigenvalue weighted by Gasteiger charge is -2.11. The lowest BCUT2D eigenvalue weighted by Crippen LogP contribution is -2.13. The predicted octanol–water partition coefficient (Wildman–Crippen LogP) is 5.18. The van der Waals surface area contributed by atoms with Gasteiger partial charge in [-0.25, -0.2) is 8.78 Å². The third kappa shape index (κ3) is 2.86. The zero-order chi connectivity index (χ0) is 15.0. The average molecular weight is 368 g/mol. The van der Waals surface area contributed by atoms with Crippen molar-refractivity contribution < 1.29 is 8.78 Å². The summed E-state index contributed by atoms with van der Waals surface area (Å²) in [5, 5.41) is 3.13. The van der Waals surface area contributed by atoms with Crippen molar-refractivity contribution in [2.24, 2.45) is 5.73 Å². The summed E-state index contributed by atoms with van der Waals surface area (Å²) in [4.78, 5) is 0. The zero-order valence-corrected chi connectivity index (χ0v) is 13.3. The monoisotopic (exact) mass is 367 g/mol. The molecule has 1 atom stereocenters. The molecule has 108 valence electrons. The largest absolute Gasteiger partial charge is 0.324 e. The summed E-state index contributed by atoms with van der Waals surface area (Å²) in [6, 6.07) is 9.65. The highest BCUT2D eigenvalue weighted by Gasteiger charge is 2.14. The highest BCUT2D eigenvalue weighted by molar-refractivity contribution is 9.10. The SMILES string of the molecule is NC(Cc1ccc(F)c(F)c1)c1csc2c(Br)cccc12. The second-order valence-electron chi connectivity index (χ2n) is 4.87. The van der Waals surface area contributed by atoms with Crippen molar-refractivity contribution in [3.63, 3.8) is 0 Å². The van der Waals surface area contributed by atoms with Crippen LogP contribution in [-0.4, -0.2) is 0 Å². The number of hydrogen-bond donors (Lipinski definition) is 1. The lowest BCUT2D eigenvalue weighted by atomic mass is 9.99. The van der Waals surface area contributed by atoms with Crippen LogP contribution in [0.3, 0.4) is 0 Å². The molecule has 0 aliphatic heterocycles. The van der Waals surface area contributed by atoms with Gasteiger partial charge in [0.05, 0.1) is 0 Å². The summed E-state index contributed by atoms with van der Waals surface area (Å²) in [6.07, 6.45) is 0.468. The van der Waals surface area contributed by atoms with E-state index in [1.165, 1.54) is 6.07 Å². The molecule has 5 heteroatoms. The number of hydrogen-bond acceptors (Lipinski definition) is 2. The van der Waals surface area contributed by atoms with Gasteiger partial charge in [-0.15, -0.1) is 11.3 Å². The summed E-state index contributed by atoms with van der Waals surface area (Å²) >= 11 is 5.15. The average Bonchev–Trinajstić information content (AvgIpc) is 2.88. The zero-order valence-electron chi connectivity index (χ0n) is 10.9. The molecule has 0 aliphatic carbocycles. The maximum Gasteiger partial charge on any atom is 0.159 e. The van der Waals surface area contributed by atoms with Crippen molar-refractivity contribution in [3.05, 3.63) is 69.0 Å². The van der Waals surface area contributed by atoms with Gasteiger partial charge in [0.2, 0.25) is 0 Å². The van der Waals surface area contributed by atoms with Gasteiger partial charge in [-0.1, -0.05) is 18.2 Å². The van der Waals surface area contributed by atoms with Gasteiger partial charge in [0, 0.05) is 15.2 Å². The van der Waals surface area contributed by atoms with Gasteiger partial charge in [0.15, 0.2) is 11.6 Å². The maximum atomic E-state index is 13.3. The summed E-state index contributed by atoms with van der Waals surface area (Å²) in [7, 11) is 0. The molecule has 1 aromatic heterocycles. The summed E-state index contributed by atoms with van der Waals surface area (Å²) < 4.78 is 28.4. The molecule has 0 radical (unpaired) electrons. The second-order valence-corrected chi connectivity index (χ2v) is 6.60. The van der Waals surface area contributed by atoms with E-state index >= 15 is 0 Å². The van der Waals surface area contributed by atoms with Crippen molar-refractivity contribution in [1.29, 1.82) is 0 Å². The molecule has 0 spiro atoms. The van der Waals surface area contributed by atoms with Crippen LogP contribution in [0.4, 0.5) is 8.78 Å². The third-order valence-electron chi connectivity index (χ3n) is 3.42. The van der Waals surface area contributed by atoms with Gasteiger partial charge in [0.1, 0.15) is 0 Å². The predicted molar refractivity (Wildman–Crippen MR) is 86.5 cm³/mol. The lowest BCUT2D eigenvalue weighted by molar-refractivity contribution is 0.506. The Labute approximate surface area is 133 Å². The van der Waals surface area contributed by atoms with Crippen LogP contribution in [0.15, 0.2) is 46.3 Å². The number of fused-ring (bicyclic) bond motifs is 1. The highest BCUT2D eigenvalue weighted by Crippen LogP contribution is 2.35.